The van der Waals surface area contributed by atoms with Gasteiger partial charge >= 0.3 is 6.03 Å². The van der Waals surface area contributed by atoms with Crippen LogP contribution in [0.1, 0.15) is 5.56 Å². The van der Waals surface area contributed by atoms with Gasteiger partial charge in [-0.3, -0.25) is 0 Å². The Morgan fingerprint density at radius 2 is 1.89 bits per heavy atom. The van der Waals surface area contributed by atoms with Crippen LogP contribution in [0.4, 0.5) is 16.2 Å². The van der Waals surface area contributed by atoms with Gasteiger partial charge in [-0.2, -0.15) is 0 Å². The molecule has 0 aliphatic carbocycles. The molecule has 2 aromatic rings. The maximum Gasteiger partial charge on any atom is 0.322 e. The summed E-state index contributed by atoms with van der Waals surface area (Å²) < 4.78 is 10.8. The Labute approximate surface area is 171 Å². The zero-order valence-electron chi connectivity index (χ0n) is 16.3. The smallest absolute Gasteiger partial charge is 0.322 e. The number of carbonyl (C=O) groups is 1. The first-order valence-electron chi connectivity index (χ1n) is 9.35. The normalized spacial score (nSPS) is 14.1. The van der Waals surface area contributed by atoms with E-state index in [1.807, 2.05) is 54.3 Å². The number of piperazine rings is 1. The van der Waals surface area contributed by atoms with Crippen molar-refractivity contribution in [1.29, 1.82) is 0 Å². The molecule has 0 radical (unpaired) electrons. The van der Waals surface area contributed by atoms with Crippen LogP contribution in [0.3, 0.4) is 0 Å². The molecule has 1 fully saturated rings. The Balaban J connectivity index is 1.58. The summed E-state index contributed by atoms with van der Waals surface area (Å²) in [5.74, 6) is 0.656. The molecule has 0 unspecified atom stereocenters. The lowest BCUT2D eigenvalue weighted by atomic mass is 10.2. The molecule has 0 saturated carbocycles. The summed E-state index contributed by atoms with van der Waals surface area (Å²) in [6.07, 6.45) is 0. The summed E-state index contributed by atoms with van der Waals surface area (Å²) in [5.41, 5.74) is 2.82. The van der Waals surface area contributed by atoms with E-state index in [1.54, 1.807) is 7.11 Å². The second-order valence-corrected chi connectivity index (χ2v) is 7.16. The van der Waals surface area contributed by atoms with Crippen molar-refractivity contribution in [3.8, 4) is 5.75 Å². The highest BCUT2D eigenvalue weighted by molar-refractivity contribution is 6.30. The number of carbonyl (C=O) groups excluding carboxylic acids is 1. The maximum absolute atomic E-state index is 12.7. The van der Waals surface area contributed by atoms with Crippen LogP contribution in [0.5, 0.6) is 5.75 Å². The lowest BCUT2D eigenvalue weighted by molar-refractivity contribution is 0.146. The standard InChI is InChI=1S/C21H26ClN3O3/c1-16-6-7-19(20(14-16)28-13-12-27-2)23-21(26)25-10-8-24(9-11-25)18-5-3-4-17(22)15-18/h3-7,14-15H,8-13H2,1-2H3,(H,23,26). The first-order chi connectivity index (χ1) is 13.6. The highest BCUT2D eigenvalue weighted by atomic mass is 35.5. The number of rotatable bonds is 6. The fraction of sp³-hybridized carbons (Fsp3) is 0.381. The molecule has 1 aliphatic heterocycles. The summed E-state index contributed by atoms with van der Waals surface area (Å²) in [6.45, 7) is 5.73. The molecule has 1 N–H and O–H groups in total. The fourth-order valence-corrected chi connectivity index (χ4v) is 3.31. The van der Waals surface area contributed by atoms with E-state index in [9.17, 15) is 4.79 Å². The lowest BCUT2D eigenvalue weighted by Gasteiger charge is -2.36. The van der Waals surface area contributed by atoms with Gasteiger partial charge in [0, 0.05) is 44.0 Å². The average molecular weight is 404 g/mol. The number of halogens is 1. The number of ether oxygens (including phenoxy) is 2. The number of amides is 2. The molecule has 0 atom stereocenters. The van der Waals surface area contributed by atoms with Crippen molar-refractivity contribution in [3.63, 3.8) is 0 Å². The number of hydrogen-bond acceptors (Lipinski definition) is 4. The van der Waals surface area contributed by atoms with Crippen LogP contribution in [0.15, 0.2) is 42.5 Å². The third-order valence-electron chi connectivity index (χ3n) is 4.66. The second-order valence-electron chi connectivity index (χ2n) is 6.72. The summed E-state index contributed by atoms with van der Waals surface area (Å²) in [4.78, 5) is 16.8. The molecule has 0 spiro atoms. The predicted octanol–water partition coefficient (Wildman–Crippen LogP) is 4.03. The van der Waals surface area contributed by atoms with Crippen molar-refractivity contribution >= 4 is 29.0 Å². The number of methoxy groups -OCH3 is 1. The molecule has 7 heteroatoms. The molecule has 1 saturated heterocycles. The van der Waals surface area contributed by atoms with Crippen LogP contribution in [-0.4, -0.2) is 57.4 Å². The quantitative estimate of drug-likeness (QED) is 0.740. The Morgan fingerprint density at radius 3 is 2.61 bits per heavy atom. The Kier molecular flexibility index (Phi) is 7.01. The zero-order valence-corrected chi connectivity index (χ0v) is 17.0. The van der Waals surface area contributed by atoms with Crippen LogP contribution >= 0.6 is 11.6 Å². The van der Waals surface area contributed by atoms with Crippen molar-refractivity contribution in [3.05, 3.63) is 53.1 Å². The molecule has 0 aromatic heterocycles. The fourth-order valence-electron chi connectivity index (χ4n) is 3.12. The van der Waals surface area contributed by atoms with Crippen LogP contribution < -0.4 is 15.0 Å². The Hall–Kier alpha value is -2.44. The topological polar surface area (TPSA) is 54.0 Å². The summed E-state index contributed by atoms with van der Waals surface area (Å²) >= 11 is 6.08. The zero-order chi connectivity index (χ0) is 19.9. The number of nitrogens with zero attached hydrogens (tertiary/aromatic N) is 2. The minimum absolute atomic E-state index is 0.119. The number of anilines is 2. The number of nitrogens with one attached hydrogen (secondary N) is 1. The molecular formula is C21H26ClN3O3. The highest BCUT2D eigenvalue weighted by Gasteiger charge is 2.22. The van der Waals surface area contributed by atoms with E-state index >= 15 is 0 Å². The van der Waals surface area contributed by atoms with Gasteiger partial charge in [-0.15, -0.1) is 0 Å². The van der Waals surface area contributed by atoms with E-state index in [0.717, 1.165) is 29.4 Å². The van der Waals surface area contributed by atoms with E-state index in [2.05, 4.69) is 10.2 Å². The van der Waals surface area contributed by atoms with Gasteiger partial charge in [0.25, 0.3) is 0 Å². The summed E-state index contributed by atoms with van der Waals surface area (Å²) in [7, 11) is 1.63. The third kappa shape index (κ3) is 5.30. The molecule has 2 amide bonds. The highest BCUT2D eigenvalue weighted by Crippen LogP contribution is 2.26. The monoisotopic (exact) mass is 403 g/mol. The molecule has 0 bridgehead atoms. The van der Waals surface area contributed by atoms with Gasteiger partial charge < -0.3 is 24.6 Å². The minimum atomic E-state index is -0.119. The first-order valence-corrected chi connectivity index (χ1v) is 9.73. The number of aryl methyl sites for hydroxylation is 1. The van der Waals surface area contributed by atoms with Crippen LogP contribution in [0.25, 0.3) is 0 Å². The van der Waals surface area contributed by atoms with E-state index in [4.69, 9.17) is 21.1 Å². The van der Waals surface area contributed by atoms with E-state index < -0.39 is 0 Å². The van der Waals surface area contributed by atoms with E-state index in [-0.39, 0.29) is 6.03 Å². The van der Waals surface area contributed by atoms with Crippen LogP contribution in [-0.2, 0) is 4.74 Å². The van der Waals surface area contributed by atoms with Crippen molar-refractivity contribution in [1.82, 2.24) is 4.90 Å². The molecular weight excluding hydrogens is 378 g/mol. The van der Waals surface area contributed by atoms with Crippen LogP contribution in [0.2, 0.25) is 5.02 Å². The molecule has 1 aliphatic rings. The van der Waals surface area contributed by atoms with Crippen molar-refractivity contribution in [2.75, 3.05) is 56.7 Å². The molecule has 1 heterocycles. The first kappa shape index (κ1) is 20.3. The van der Waals surface area contributed by atoms with Gasteiger partial charge in [-0.05, 0) is 42.8 Å². The largest absolute Gasteiger partial charge is 0.489 e. The third-order valence-corrected chi connectivity index (χ3v) is 4.90. The molecule has 6 nitrogen and oxygen atoms in total. The van der Waals surface area contributed by atoms with E-state index in [0.29, 0.717) is 37.7 Å². The summed E-state index contributed by atoms with van der Waals surface area (Å²) in [5, 5.41) is 3.70. The molecule has 150 valence electrons. The molecule has 28 heavy (non-hydrogen) atoms. The minimum Gasteiger partial charge on any atom is -0.489 e. The van der Waals surface area contributed by atoms with Gasteiger partial charge in [-0.1, -0.05) is 23.7 Å². The Morgan fingerprint density at radius 1 is 1.11 bits per heavy atom. The SMILES string of the molecule is COCCOc1cc(C)ccc1NC(=O)N1CCN(c2cccc(Cl)c2)CC1. The summed E-state index contributed by atoms with van der Waals surface area (Å²) in [6, 6.07) is 13.4. The van der Waals surface area contributed by atoms with Gasteiger partial charge in [0.05, 0.1) is 12.3 Å². The lowest BCUT2D eigenvalue weighted by Crippen LogP contribution is -2.50. The predicted molar refractivity (Wildman–Crippen MR) is 113 cm³/mol. The van der Waals surface area contributed by atoms with Crippen molar-refractivity contribution < 1.29 is 14.3 Å². The van der Waals surface area contributed by atoms with Gasteiger partial charge in [0.2, 0.25) is 0 Å². The number of benzene rings is 2. The van der Waals surface area contributed by atoms with Gasteiger partial charge in [-0.25, -0.2) is 4.79 Å². The molecule has 2 aromatic carbocycles. The van der Waals surface area contributed by atoms with Crippen molar-refractivity contribution in [2.45, 2.75) is 6.92 Å². The number of hydrogen-bond donors (Lipinski definition) is 1. The number of urea groups is 1. The van der Waals surface area contributed by atoms with E-state index in [1.165, 1.54) is 0 Å². The van der Waals surface area contributed by atoms with Crippen molar-refractivity contribution in [2.24, 2.45) is 0 Å². The Bertz CT molecular complexity index is 807. The van der Waals surface area contributed by atoms with Gasteiger partial charge in [0.15, 0.2) is 0 Å². The second kappa shape index (κ2) is 9.66. The maximum atomic E-state index is 12.7. The molecule has 3 rings (SSSR count). The van der Waals surface area contributed by atoms with Gasteiger partial charge in [0.1, 0.15) is 12.4 Å². The average Bonchev–Trinajstić information content (AvgIpc) is 2.70. The van der Waals surface area contributed by atoms with Crippen LogP contribution in [0, 0.1) is 6.92 Å².